The Morgan fingerprint density at radius 1 is 1.25 bits per heavy atom. The predicted octanol–water partition coefficient (Wildman–Crippen LogP) is 1.35. The van der Waals surface area contributed by atoms with Crippen molar-refractivity contribution in [3.63, 3.8) is 0 Å². The normalized spacial score (nSPS) is 10.0. The second-order valence-electron chi connectivity index (χ2n) is 2.08. The molecule has 0 aliphatic heterocycles. The van der Waals surface area contributed by atoms with Gasteiger partial charge in [0.1, 0.15) is 10.1 Å². The van der Waals surface area contributed by atoms with E-state index in [1.54, 1.807) is 12.4 Å². The highest BCUT2D eigenvalue weighted by molar-refractivity contribution is 7.99. The van der Waals surface area contributed by atoms with E-state index in [1.807, 2.05) is 18.2 Å². The molecule has 0 saturated heterocycles. The standard InChI is InChI=1S/C7H6N4S/c1-2-4-8-6(3-1)12-7-5-9-11-10-7/h1-5H,(H,9,10,11). The molecule has 2 aromatic heterocycles. The summed E-state index contributed by atoms with van der Waals surface area (Å²) in [5.74, 6) is 0. The van der Waals surface area contributed by atoms with Gasteiger partial charge in [0.25, 0.3) is 0 Å². The van der Waals surface area contributed by atoms with Crippen LogP contribution >= 0.6 is 11.8 Å². The molecule has 0 radical (unpaired) electrons. The molecule has 0 saturated carbocycles. The molecule has 0 bridgehead atoms. The number of aromatic nitrogens is 4. The fraction of sp³-hybridized carbons (Fsp3) is 0. The van der Waals surface area contributed by atoms with Crippen LogP contribution in [-0.4, -0.2) is 20.4 Å². The zero-order chi connectivity index (χ0) is 8.23. The van der Waals surface area contributed by atoms with Gasteiger partial charge in [-0.2, -0.15) is 10.3 Å². The summed E-state index contributed by atoms with van der Waals surface area (Å²) < 4.78 is 0. The van der Waals surface area contributed by atoms with Crippen LogP contribution in [0, 0.1) is 0 Å². The van der Waals surface area contributed by atoms with Gasteiger partial charge in [-0.1, -0.05) is 6.07 Å². The van der Waals surface area contributed by atoms with Crippen LogP contribution < -0.4 is 0 Å². The summed E-state index contributed by atoms with van der Waals surface area (Å²) in [7, 11) is 0. The van der Waals surface area contributed by atoms with Crippen LogP contribution in [0.5, 0.6) is 0 Å². The molecule has 0 amide bonds. The van der Waals surface area contributed by atoms with Crippen molar-refractivity contribution >= 4 is 11.8 Å². The van der Waals surface area contributed by atoms with Gasteiger partial charge in [-0.15, -0.1) is 5.10 Å². The molecule has 5 heteroatoms. The average molecular weight is 178 g/mol. The van der Waals surface area contributed by atoms with E-state index in [-0.39, 0.29) is 0 Å². The van der Waals surface area contributed by atoms with Gasteiger partial charge >= 0.3 is 0 Å². The van der Waals surface area contributed by atoms with Crippen molar-refractivity contribution in [2.24, 2.45) is 0 Å². The fourth-order valence-corrected chi connectivity index (χ4v) is 1.42. The molecule has 0 spiro atoms. The minimum Gasteiger partial charge on any atom is -0.250 e. The Hall–Kier alpha value is -1.36. The van der Waals surface area contributed by atoms with Gasteiger partial charge in [0.2, 0.25) is 0 Å². The number of aromatic amines is 1. The maximum atomic E-state index is 4.13. The van der Waals surface area contributed by atoms with Crippen LogP contribution in [0.3, 0.4) is 0 Å². The van der Waals surface area contributed by atoms with Gasteiger partial charge in [-0.3, -0.25) is 0 Å². The molecular weight excluding hydrogens is 172 g/mol. The maximum absolute atomic E-state index is 4.13. The Morgan fingerprint density at radius 2 is 2.25 bits per heavy atom. The number of H-pyrrole nitrogens is 1. The minimum atomic E-state index is 0.828. The van der Waals surface area contributed by atoms with Gasteiger partial charge in [0.15, 0.2) is 0 Å². The van der Waals surface area contributed by atoms with Crippen molar-refractivity contribution in [3.05, 3.63) is 30.6 Å². The zero-order valence-corrected chi connectivity index (χ0v) is 6.95. The van der Waals surface area contributed by atoms with E-state index in [2.05, 4.69) is 20.4 Å². The first-order valence-corrected chi connectivity index (χ1v) is 4.21. The van der Waals surface area contributed by atoms with Crippen LogP contribution in [-0.2, 0) is 0 Å². The summed E-state index contributed by atoms with van der Waals surface area (Å²) in [6.07, 6.45) is 3.42. The largest absolute Gasteiger partial charge is 0.250 e. The fourth-order valence-electron chi connectivity index (χ4n) is 0.755. The molecule has 0 aromatic carbocycles. The van der Waals surface area contributed by atoms with Crippen LogP contribution in [0.25, 0.3) is 0 Å². The summed E-state index contributed by atoms with van der Waals surface area (Å²) in [5, 5.41) is 11.9. The molecule has 0 aliphatic rings. The third-order valence-corrected chi connectivity index (χ3v) is 2.10. The Balaban J connectivity index is 2.15. The predicted molar refractivity (Wildman–Crippen MR) is 44.7 cm³/mol. The maximum Gasteiger partial charge on any atom is 0.144 e. The lowest BCUT2D eigenvalue weighted by molar-refractivity contribution is 0.910. The van der Waals surface area contributed by atoms with Crippen LogP contribution in [0.1, 0.15) is 0 Å². The van der Waals surface area contributed by atoms with E-state index in [0.717, 1.165) is 10.1 Å². The Kier molecular flexibility index (Phi) is 2.04. The number of nitrogens with one attached hydrogen (secondary N) is 1. The van der Waals surface area contributed by atoms with E-state index in [9.17, 15) is 0 Å². The highest BCUT2D eigenvalue weighted by Gasteiger charge is 1.98. The number of rotatable bonds is 2. The van der Waals surface area contributed by atoms with E-state index in [4.69, 9.17) is 0 Å². The van der Waals surface area contributed by atoms with Crippen molar-refractivity contribution < 1.29 is 0 Å². The highest BCUT2D eigenvalue weighted by atomic mass is 32.2. The first kappa shape index (κ1) is 7.30. The lowest BCUT2D eigenvalue weighted by Gasteiger charge is -1.92. The molecule has 0 aliphatic carbocycles. The molecule has 60 valence electrons. The summed E-state index contributed by atoms with van der Waals surface area (Å²) in [5.41, 5.74) is 0. The van der Waals surface area contributed by atoms with Gasteiger partial charge < -0.3 is 0 Å². The summed E-state index contributed by atoms with van der Waals surface area (Å²) in [6, 6.07) is 5.75. The van der Waals surface area contributed by atoms with Crippen LogP contribution in [0.4, 0.5) is 0 Å². The smallest absolute Gasteiger partial charge is 0.144 e. The zero-order valence-electron chi connectivity index (χ0n) is 6.14. The molecule has 0 atom stereocenters. The first-order chi connectivity index (χ1) is 5.95. The van der Waals surface area contributed by atoms with Crippen molar-refractivity contribution in [1.82, 2.24) is 20.4 Å². The van der Waals surface area contributed by atoms with Crippen molar-refractivity contribution in [3.8, 4) is 0 Å². The Bertz CT molecular complexity index is 332. The second kappa shape index (κ2) is 3.36. The topological polar surface area (TPSA) is 54.5 Å². The highest BCUT2D eigenvalue weighted by Crippen LogP contribution is 2.21. The third kappa shape index (κ3) is 1.62. The van der Waals surface area contributed by atoms with E-state index >= 15 is 0 Å². The molecule has 1 N–H and O–H groups in total. The number of nitrogens with zero attached hydrogens (tertiary/aromatic N) is 3. The van der Waals surface area contributed by atoms with Crippen molar-refractivity contribution in [2.45, 2.75) is 10.1 Å². The third-order valence-electron chi connectivity index (χ3n) is 1.24. The molecule has 2 heterocycles. The van der Waals surface area contributed by atoms with Crippen molar-refractivity contribution in [2.75, 3.05) is 0 Å². The molecular formula is C7H6N4S. The second-order valence-corrected chi connectivity index (χ2v) is 3.12. The van der Waals surface area contributed by atoms with Crippen LogP contribution in [0.2, 0.25) is 0 Å². The Labute approximate surface area is 73.4 Å². The molecule has 2 rings (SSSR count). The summed E-state index contributed by atoms with van der Waals surface area (Å²) in [4.78, 5) is 4.13. The van der Waals surface area contributed by atoms with Crippen LogP contribution in [0.15, 0.2) is 40.6 Å². The van der Waals surface area contributed by atoms with E-state index < -0.39 is 0 Å². The lowest BCUT2D eigenvalue weighted by atomic mass is 10.5. The number of hydrogen-bond acceptors (Lipinski definition) is 4. The van der Waals surface area contributed by atoms with E-state index in [0.29, 0.717) is 0 Å². The average Bonchev–Trinajstić information content (AvgIpc) is 2.59. The lowest BCUT2D eigenvalue weighted by Crippen LogP contribution is -1.77. The molecule has 0 unspecified atom stereocenters. The van der Waals surface area contributed by atoms with E-state index in [1.165, 1.54) is 11.8 Å². The van der Waals surface area contributed by atoms with Gasteiger partial charge in [-0.05, 0) is 23.9 Å². The molecule has 0 fully saturated rings. The summed E-state index contributed by atoms with van der Waals surface area (Å²) in [6.45, 7) is 0. The van der Waals surface area contributed by atoms with Crippen molar-refractivity contribution in [1.29, 1.82) is 0 Å². The van der Waals surface area contributed by atoms with Gasteiger partial charge in [0, 0.05) is 6.20 Å². The molecule has 4 nitrogen and oxygen atoms in total. The first-order valence-electron chi connectivity index (χ1n) is 3.40. The summed E-state index contributed by atoms with van der Waals surface area (Å²) >= 11 is 1.48. The monoisotopic (exact) mass is 178 g/mol. The molecule has 2 aromatic rings. The number of pyridine rings is 1. The van der Waals surface area contributed by atoms with Gasteiger partial charge in [-0.25, -0.2) is 4.98 Å². The Morgan fingerprint density at radius 3 is 2.92 bits per heavy atom. The van der Waals surface area contributed by atoms with Gasteiger partial charge in [0.05, 0.1) is 6.20 Å². The quantitative estimate of drug-likeness (QED) is 0.754. The SMILES string of the molecule is c1ccc(Sc2cn[nH]n2)nc1. The minimum absolute atomic E-state index is 0.828. The number of hydrogen-bond donors (Lipinski definition) is 1. The molecule has 12 heavy (non-hydrogen) atoms.